The Hall–Kier alpha value is -1.98. The molecule has 0 aliphatic carbocycles. The zero-order chi connectivity index (χ0) is 12.3. The molecule has 0 fully saturated rings. The molecule has 0 amide bonds. The summed E-state index contributed by atoms with van der Waals surface area (Å²) in [5.41, 5.74) is 0.0302. The van der Waals surface area contributed by atoms with Gasteiger partial charge in [-0.25, -0.2) is 4.79 Å². The number of aromatic carboxylic acids is 1. The van der Waals surface area contributed by atoms with E-state index in [0.29, 0.717) is 11.8 Å². The first-order valence-electron chi connectivity index (χ1n) is 4.23. The second kappa shape index (κ2) is 4.69. The molecule has 0 aromatic heterocycles. The van der Waals surface area contributed by atoms with Gasteiger partial charge in [-0.3, -0.25) is 4.79 Å². The Kier molecular flexibility index (Phi) is 3.55. The van der Waals surface area contributed by atoms with Crippen LogP contribution < -0.4 is 4.74 Å². The Morgan fingerprint density at radius 3 is 2.56 bits per heavy atom. The van der Waals surface area contributed by atoms with Crippen molar-refractivity contribution in [1.82, 2.24) is 0 Å². The first-order valence-corrected chi connectivity index (χ1v) is 4.23. The number of ether oxygens (including phenoxy) is 1. The van der Waals surface area contributed by atoms with E-state index >= 15 is 0 Å². The summed E-state index contributed by atoms with van der Waals surface area (Å²) in [5.74, 6) is -1.88. The zero-order valence-corrected chi connectivity index (χ0v) is 8.24. The van der Waals surface area contributed by atoms with Crippen LogP contribution in [0.2, 0.25) is 0 Å². The fraction of sp³-hybridized carbons (Fsp3) is 0.200. The maximum Gasteiger partial charge on any atom is 0.387 e. The lowest BCUT2D eigenvalue weighted by atomic mass is 10.0. The summed E-state index contributed by atoms with van der Waals surface area (Å²) in [5, 5.41) is 8.75. The monoisotopic (exact) mass is 230 g/mol. The predicted octanol–water partition coefficient (Wildman–Crippen LogP) is 2.11. The number of rotatable bonds is 4. The van der Waals surface area contributed by atoms with E-state index < -0.39 is 23.9 Å². The van der Waals surface area contributed by atoms with Crippen LogP contribution in [0.25, 0.3) is 0 Å². The third-order valence-corrected chi connectivity index (χ3v) is 1.94. The summed E-state index contributed by atoms with van der Waals surface area (Å²) >= 11 is 0. The Morgan fingerprint density at radius 2 is 2.12 bits per heavy atom. The molecule has 4 nitrogen and oxygen atoms in total. The molecule has 0 spiro atoms. The molecule has 0 bridgehead atoms. The molecule has 1 aromatic carbocycles. The summed E-state index contributed by atoms with van der Waals surface area (Å²) in [6, 6.07) is 2.10. The summed E-state index contributed by atoms with van der Waals surface area (Å²) in [4.78, 5) is 21.3. The number of hydrogen-bond acceptors (Lipinski definition) is 3. The van der Waals surface area contributed by atoms with E-state index in [9.17, 15) is 18.4 Å². The summed E-state index contributed by atoms with van der Waals surface area (Å²) in [7, 11) is 0. The largest absolute Gasteiger partial charge is 0.478 e. The lowest BCUT2D eigenvalue weighted by Crippen LogP contribution is -2.09. The van der Waals surface area contributed by atoms with Gasteiger partial charge in [0.25, 0.3) is 0 Å². The van der Waals surface area contributed by atoms with Gasteiger partial charge in [0.15, 0.2) is 0 Å². The molecule has 0 heterocycles. The molecule has 1 aromatic rings. The summed E-state index contributed by atoms with van der Waals surface area (Å²) < 4.78 is 28.0. The first kappa shape index (κ1) is 12.1. The van der Waals surface area contributed by atoms with Gasteiger partial charge in [-0.2, -0.15) is 8.78 Å². The molecule has 1 N–H and O–H groups in total. The SMILES string of the molecule is Cc1cc(OC(F)F)c(C(=O)O)cc1C=O. The van der Waals surface area contributed by atoms with E-state index in [1.807, 2.05) is 0 Å². The van der Waals surface area contributed by atoms with Crippen molar-refractivity contribution in [3.8, 4) is 5.75 Å². The highest BCUT2D eigenvalue weighted by molar-refractivity contribution is 5.93. The third-order valence-electron chi connectivity index (χ3n) is 1.94. The van der Waals surface area contributed by atoms with Gasteiger partial charge in [-0.15, -0.1) is 0 Å². The maximum absolute atomic E-state index is 12.0. The molecule has 1 rings (SSSR count). The average Bonchev–Trinajstić information content (AvgIpc) is 2.16. The minimum absolute atomic E-state index is 0.124. The van der Waals surface area contributed by atoms with Crippen LogP contribution >= 0.6 is 0 Å². The number of alkyl halides is 2. The van der Waals surface area contributed by atoms with E-state index in [4.69, 9.17) is 5.11 Å². The maximum atomic E-state index is 12.0. The topological polar surface area (TPSA) is 63.6 Å². The molecule has 6 heteroatoms. The molecule has 0 saturated heterocycles. The number of carboxylic acids is 1. The zero-order valence-electron chi connectivity index (χ0n) is 8.24. The van der Waals surface area contributed by atoms with Crippen molar-refractivity contribution in [1.29, 1.82) is 0 Å². The van der Waals surface area contributed by atoms with Crippen LogP contribution in [0.4, 0.5) is 8.78 Å². The highest BCUT2D eigenvalue weighted by Crippen LogP contribution is 2.24. The van der Waals surface area contributed by atoms with Crippen molar-refractivity contribution in [3.63, 3.8) is 0 Å². The number of aldehydes is 1. The quantitative estimate of drug-likeness (QED) is 0.804. The number of halogens is 2. The van der Waals surface area contributed by atoms with Crippen molar-refractivity contribution in [2.24, 2.45) is 0 Å². The molecule has 0 unspecified atom stereocenters. The Labute approximate surface area is 89.5 Å². The van der Waals surface area contributed by atoms with Crippen LogP contribution in [0.1, 0.15) is 26.3 Å². The van der Waals surface area contributed by atoms with E-state index in [1.165, 1.54) is 6.92 Å². The second-order valence-electron chi connectivity index (χ2n) is 3.01. The molecular weight excluding hydrogens is 222 g/mol. The van der Waals surface area contributed by atoms with Crippen molar-refractivity contribution in [3.05, 3.63) is 28.8 Å². The van der Waals surface area contributed by atoms with Gasteiger partial charge in [-0.05, 0) is 24.6 Å². The lowest BCUT2D eigenvalue weighted by molar-refractivity contribution is -0.0503. The number of carbonyl (C=O) groups excluding carboxylic acids is 1. The molecular formula is C10H8F2O4. The molecule has 0 saturated carbocycles. The van der Waals surface area contributed by atoms with Gasteiger partial charge in [0.2, 0.25) is 0 Å². The fourth-order valence-electron chi connectivity index (χ4n) is 1.19. The average molecular weight is 230 g/mol. The van der Waals surface area contributed by atoms with Crippen LogP contribution in [-0.4, -0.2) is 24.0 Å². The Balaban J connectivity index is 3.30. The van der Waals surface area contributed by atoms with Crippen molar-refractivity contribution in [2.45, 2.75) is 13.5 Å². The van der Waals surface area contributed by atoms with E-state index in [2.05, 4.69) is 4.74 Å². The molecule has 86 valence electrons. The van der Waals surface area contributed by atoms with Crippen molar-refractivity contribution < 1.29 is 28.2 Å². The van der Waals surface area contributed by atoms with E-state index in [0.717, 1.165) is 12.1 Å². The minimum Gasteiger partial charge on any atom is -0.478 e. The lowest BCUT2D eigenvalue weighted by Gasteiger charge is -2.10. The molecule has 0 aliphatic rings. The van der Waals surface area contributed by atoms with Crippen molar-refractivity contribution >= 4 is 12.3 Å². The predicted molar refractivity (Wildman–Crippen MR) is 50.2 cm³/mol. The fourth-order valence-corrected chi connectivity index (χ4v) is 1.19. The minimum atomic E-state index is -3.11. The van der Waals surface area contributed by atoms with Crippen molar-refractivity contribution in [2.75, 3.05) is 0 Å². The normalized spacial score (nSPS) is 10.2. The standard InChI is InChI=1S/C10H8F2O4/c1-5-2-8(16-10(11)12)7(9(14)15)3-6(5)4-13/h2-4,10H,1H3,(H,14,15). The Bertz CT molecular complexity index is 429. The van der Waals surface area contributed by atoms with Crippen LogP contribution in [0.5, 0.6) is 5.75 Å². The molecule has 0 radical (unpaired) electrons. The number of carboxylic acid groups (broad SMARTS) is 1. The number of hydrogen-bond donors (Lipinski definition) is 1. The number of carbonyl (C=O) groups is 2. The van der Waals surface area contributed by atoms with Crippen LogP contribution in [-0.2, 0) is 0 Å². The Morgan fingerprint density at radius 1 is 1.50 bits per heavy atom. The highest BCUT2D eigenvalue weighted by Gasteiger charge is 2.17. The van der Waals surface area contributed by atoms with Crippen LogP contribution in [0.15, 0.2) is 12.1 Å². The van der Waals surface area contributed by atoms with Gasteiger partial charge >= 0.3 is 12.6 Å². The van der Waals surface area contributed by atoms with Gasteiger partial charge in [0, 0.05) is 5.56 Å². The van der Waals surface area contributed by atoms with Gasteiger partial charge in [0.1, 0.15) is 17.6 Å². The molecule has 0 aliphatic heterocycles. The van der Waals surface area contributed by atoms with Gasteiger partial charge in [-0.1, -0.05) is 0 Å². The number of aryl methyl sites for hydroxylation is 1. The van der Waals surface area contributed by atoms with Crippen LogP contribution in [0, 0.1) is 6.92 Å². The number of benzene rings is 1. The molecule has 0 atom stereocenters. The van der Waals surface area contributed by atoms with E-state index in [1.54, 1.807) is 0 Å². The highest BCUT2D eigenvalue weighted by atomic mass is 19.3. The third kappa shape index (κ3) is 2.53. The first-order chi connectivity index (χ1) is 7.45. The summed E-state index contributed by atoms with van der Waals surface area (Å²) in [6.07, 6.45) is 0.452. The van der Waals surface area contributed by atoms with Crippen LogP contribution in [0.3, 0.4) is 0 Å². The summed E-state index contributed by atoms with van der Waals surface area (Å²) in [6.45, 7) is -1.62. The molecule has 16 heavy (non-hydrogen) atoms. The van der Waals surface area contributed by atoms with Gasteiger partial charge in [0.05, 0.1) is 0 Å². The van der Waals surface area contributed by atoms with E-state index in [-0.39, 0.29) is 5.56 Å². The van der Waals surface area contributed by atoms with Gasteiger partial charge < -0.3 is 9.84 Å². The second-order valence-corrected chi connectivity index (χ2v) is 3.01. The smallest absolute Gasteiger partial charge is 0.387 e.